The number of nitrogens with one attached hydrogen (secondary N) is 2. The Morgan fingerprint density at radius 3 is 2.75 bits per heavy atom. The van der Waals surface area contributed by atoms with Gasteiger partial charge in [-0.1, -0.05) is 0 Å². The van der Waals surface area contributed by atoms with Crippen molar-refractivity contribution in [1.29, 1.82) is 0 Å². The first-order valence-electron chi connectivity index (χ1n) is 3.87. The Bertz CT molecular complexity index is 175. The van der Waals surface area contributed by atoms with Crippen LogP contribution in [0.4, 0.5) is 8.78 Å². The molecule has 2 N–H and O–H groups in total. The standard InChI is InChI=1S/C7H12F2N2O/c1-4(12)11-6-3-10-2-5(6)7(8)9/h5-7,10H,2-3H2,1H3,(H,11,12). The van der Waals surface area contributed by atoms with Crippen molar-refractivity contribution in [2.45, 2.75) is 19.4 Å². The van der Waals surface area contributed by atoms with Crippen LogP contribution >= 0.6 is 0 Å². The van der Waals surface area contributed by atoms with Crippen LogP contribution in [0.15, 0.2) is 0 Å². The number of carbonyl (C=O) groups is 1. The molecule has 0 aromatic carbocycles. The SMILES string of the molecule is CC(=O)NC1CNCC1C(F)F. The second-order valence-electron chi connectivity index (χ2n) is 2.96. The minimum absolute atomic E-state index is 0.255. The Hall–Kier alpha value is -0.710. The van der Waals surface area contributed by atoms with Crippen molar-refractivity contribution in [1.82, 2.24) is 10.6 Å². The minimum Gasteiger partial charge on any atom is -0.352 e. The summed E-state index contributed by atoms with van der Waals surface area (Å²) in [4.78, 5) is 10.6. The number of halogens is 2. The van der Waals surface area contributed by atoms with Gasteiger partial charge in [0.1, 0.15) is 0 Å². The summed E-state index contributed by atoms with van der Waals surface area (Å²) in [7, 11) is 0. The third kappa shape index (κ3) is 2.14. The van der Waals surface area contributed by atoms with Crippen LogP contribution < -0.4 is 10.6 Å². The van der Waals surface area contributed by atoms with Crippen LogP contribution in [0.25, 0.3) is 0 Å². The molecule has 1 fully saturated rings. The first kappa shape index (κ1) is 9.38. The van der Waals surface area contributed by atoms with E-state index in [0.717, 1.165) is 0 Å². The first-order chi connectivity index (χ1) is 5.61. The fourth-order valence-corrected chi connectivity index (χ4v) is 1.38. The van der Waals surface area contributed by atoms with Gasteiger partial charge in [0.15, 0.2) is 0 Å². The first-order valence-corrected chi connectivity index (χ1v) is 3.87. The molecular formula is C7H12F2N2O. The zero-order chi connectivity index (χ0) is 9.14. The molecule has 1 amide bonds. The van der Waals surface area contributed by atoms with E-state index in [1.807, 2.05) is 0 Å². The molecule has 12 heavy (non-hydrogen) atoms. The van der Waals surface area contributed by atoms with Gasteiger partial charge in [-0.15, -0.1) is 0 Å². The summed E-state index contributed by atoms with van der Waals surface area (Å²) in [6, 6.07) is -0.414. The highest BCUT2D eigenvalue weighted by molar-refractivity contribution is 5.73. The predicted octanol–water partition coefficient (Wildman–Crippen LogP) is -0.0244. The second kappa shape index (κ2) is 3.80. The minimum atomic E-state index is -2.36. The fraction of sp³-hybridized carbons (Fsp3) is 0.857. The van der Waals surface area contributed by atoms with Crippen molar-refractivity contribution in [3.8, 4) is 0 Å². The zero-order valence-electron chi connectivity index (χ0n) is 6.81. The maximum atomic E-state index is 12.2. The molecule has 0 aliphatic carbocycles. The molecule has 0 aromatic rings. The molecule has 1 rings (SSSR count). The Balaban J connectivity index is 2.46. The van der Waals surface area contributed by atoms with E-state index in [4.69, 9.17) is 0 Å². The normalized spacial score (nSPS) is 29.3. The van der Waals surface area contributed by atoms with Crippen LogP contribution in [0.3, 0.4) is 0 Å². The predicted molar refractivity (Wildman–Crippen MR) is 40.0 cm³/mol. The molecule has 0 bridgehead atoms. The average Bonchev–Trinajstić information content (AvgIpc) is 2.33. The van der Waals surface area contributed by atoms with Gasteiger partial charge in [0.2, 0.25) is 12.3 Å². The second-order valence-corrected chi connectivity index (χ2v) is 2.96. The highest BCUT2D eigenvalue weighted by Gasteiger charge is 2.34. The number of amides is 1. The van der Waals surface area contributed by atoms with E-state index in [-0.39, 0.29) is 12.5 Å². The van der Waals surface area contributed by atoms with Gasteiger partial charge in [-0.2, -0.15) is 0 Å². The van der Waals surface area contributed by atoms with Crippen molar-refractivity contribution in [2.75, 3.05) is 13.1 Å². The van der Waals surface area contributed by atoms with Crippen molar-refractivity contribution < 1.29 is 13.6 Å². The number of rotatable bonds is 2. The lowest BCUT2D eigenvalue weighted by atomic mass is 10.1. The van der Waals surface area contributed by atoms with Crippen LogP contribution in [-0.2, 0) is 4.79 Å². The van der Waals surface area contributed by atoms with E-state index >= 15 is 0 Å². The molecule has 0 saturated carbocycles. The molecule has 2 unspecified atom stereocenters. The van der Waals surface area contributed by atoms with Gasteiger partial charge in [-0.3, -0.25) is 4.79 Å². The van der Waals surface area contributed by atoms with Crippen LogP contribution in [-0.4, -0.2) is 31.5 Å². The molecule has 5 heteroatoms. The fourth-order valence-electron chi connectivity index (χ4n) is 1.38. The van der Waals surface area contributed by atoms with Crippen molar-refractivity contribution in [3.63, 3.8) is 0 Å². The largest absolute Gasteiger partial charge is 0.352 e. The molecule has 0 radical (unpaired) electrons. The van der Waals surface area contributed by atoms with Gasteiger partial charge in [-0.05, 0) is 0 Å². The van der Waals surface area contributed by atoms with Gasteiger partial charge >= 0.3 is 0 Å². The average molecular weight is 178 g/mol. The topological polar surface area (TPSA) is 41.1 Å². The Labute approximate surface area is 69.5 Å². The van der Waals surface area contributed by atoms with Crippen molar-refractivity contribution in [3.05, 3.63) is 0 Å². The van der Waals surface area contributed by atoms with E-state index in [1.165, 1.54) is 6.92 Å². The van der Waals surface area contributed by atoms with Gasteiger partial charge in [0.25, 0.3) is 0 Å². The van der Waals surface area contributed by atoms with Gasteiger partial charge < -0.3 is 10.6 Å². The van der Waals surface area contributed by atoms with E-state index in [0.29, 0.717) is 6.54 Å². The smallest absolute Gasteiger partial charge is 0.244 e. The zero-order valence-corrected chi connectivity index (χ0v) is 6.81. The molecule has 1 aliphatic heterocycles. The van der Waals surface area contributed by atoms with E-state index in [2.05, 4.69) is 10.6 Å². The van der Waals surface area contributed by atoms with Crippen LogP contribution in [0, 0.1) is 5.92 Å². The maximum Gasteiger partial charge on any atom is 0.244 e. The third-order valence-electron chi connectivity index (χ3n) is 1.97. The summed E-state index contributed by atoms with van der Waals surface area (Å²) in [5.41, 5.74) is 0. The lowest BCUT2D eigenvalue weighted by Crippen LogP contribution is -2.41. The summed E-state index contributed by atoms with van der Waals surface area (Å²) < 4.78 is 24.5. The Morgan fingerprint density at radius 1 is 1.58 bits per heavy atom. The van der Waals surface area contributed by atoms with Gasteiger partial charge in [-0.25, -0.2) is 8.78 Å². The molecule has 1 heterocycles. The molecule has 2 atom stereocenters. The summed E-state index contributed by atoms with van der Waals surface area (Å²) in [6.07, 6.45) is -2.36. The summed E-state index contributed by atoms with van der Waals surface area (Å²) >= 11 is 0. The van der Waals surface area contributed by atoms with Crippen LogP contribution in [0.1, 0.15) is 6.92 Å². The number of hydrogen-bond acceptors (Lipinski definition) is 2. The number of carbonyl (C=O) groups excluding carboxylic acids is 1. The lowest BCUT2D eigenvalue weighted by molar-refractivity contribution is -0.120. The quantitative estimate of drug-likeness (QED) is 0.623. The summed E-state index contributed by atoms with van der Waals surface area (Å²) in [6.45, 7) is 2.05. The molecule has 70 valence electrons. The van der Waals surface area contributed by atoms with E-state index in [9.17, 15) is 13.6 Å². The highest BCUT2D eigenvalue weighted by atomic mass is 19.3. The van der Waals surface area contributed by atoms with Crippen LogP contribution in [0.2, 0.25) is 0 Å². The van der Waals surface area contributed by atoms with E-state index in [1.54, 1.807) is 0 Å². The van der Waals surface area contributed by atoms with E-state index < -0.39 is 18.4 Å². The molecule has 0 aromatic heterocycles. The number of hydrogen-bond donors (Lipinski definition) is 2. The molecule has 0 spiro atoms. The molecular weight excluding hydrogens is 166 g/mol. The number of alkyl halides is 2. The Kier molecular flexibility index (Phi) is 2.97. The lowest BCUT2D eigenvalue weighted by Gasteiger charge is -2.17. The molecule has 3 nitrogen and oxygen atoms in total. The molecule has 1 saturated heterocycles. The maximum absolute atomic E-state index is 12.2. The van der Waals surface area contributed by atoms with Crippen molar-refractivity contribution in [2.24, 2.45) is 5.92 Å². The van der Waals surface area contributed by atoms with Gasteiger partial charge in [0.05, 0.1) is 12.0 Å². The highest BCUT2D eigenvalue weighted by Crippen LogP contribution is 2.17. The Morgan fingerprint density at radius 2 is 2.25 bits per heavy atom. The van der Waals surface area contributed by atoms with Crippen LogP contribution in [0.5, 0.6) is 0 Å². The monoisotopic (exact) mass is 178 g/mol. The summed E-state index contributed by atoms with van der Waals surface area (Å²) in [5, 5.41) is 5.31. The third-order valence-corrected chi connectivity index (χ3v) is 1.97. The van der Waals surface area contributed by atoms with Crippen molar-refractivity contribution >= 4 is 5.91 Å². The molecule has 1 aliphatic rings. The summed E-state index contributed by atoms with van der Waals surface area (Å²) in [5.74, 6) is -0.997. The van der Waals surface area contributed by atoms with Gasteiger partial charge in [0, 0.05) is 20.0 Å².